The Hall–Kier alpha value is -2.78. The summed E-state index contributed by atoms with van der Waals surface area (Å²) < 4.78 is 4.68. The van der Waals surface area contributed by atoms with Crippen molar-refractivity contribution >= 4 is 35.2 Å². The highest BCUT2D eigenvalue weighted by atomic mass is 32.2. The van der Waals surface area contributed by atoms with Gasteiger partial charge in [0.05, 0.1) is 23.7 Å². The lowest BCUT2D eigenvalue weighted by atomic mass is 9.70. The highest BCUT2D eigenvalue weighted by Crippen LogP contribution is 2.66. The van der Waals surface area contributed by atoms with E-state index in [0.717, 1.165) is 50.6 Å². The van der Waals surface area contributed by atoms with Crippen LogP contribution in [0.5, 0.6) is 5.75 Å². The Morgan fingerprint density at radius 2 is 1.83 bits per heavy atom. The molecule has 8 nitrogen and oxygen atoms in total. The average Bonchev–Trinajstić information content (AvgIpc) is 3.62. The first kappa shape index (κ1) is 31.2. The molecule has 5 atom stereocenters. The maximum absolute atomic E-state index is 14.6. The van der Waals surface area contributed by atoms with Crippen molar-refractivity contribution in [2.24, 2.45) is 11.8 Å². The number of hydrogen-bond donors (Lipinski definition) is 1. The number of likely N-dealkylation sites (tertiary alicyclic amines) is 1. The van der Waals surface area contributed by atoms with E-state index in [0.29, 0.717) is 31.9 Å². The summed E-state index contributed by atoms with van der Waals surface area (Å²) in [6.45, 7) is 11.8. The Morgan fingerprint density at radius 1 is 1.12 bits per heavy atom. The van der Waals surface area contributed by atoms with Gasteiger partial charge in [-0.1, -0.05) is 31.9 Å². The number of aliphatic hydroxyl groups is 1. The molecule has 0 aliphatic carbocycles. The molecule has 9 heteroatoms. The van der Waals surface area contributed by atoms with Crippen molar-refractivity contribution in [3.05, 3.63) is 49.6 Å². The molecule has 2 unspecified atom stereocenters. The molecular formula is C32H45N3O5S. The molecule has 3 aliphatic heterocycles. The summed E-state index contributed by atoms with van der Waals surface area (Å²) in [4.78, 5) is 48.3. The predicted molar refractivity (Wildman–Crippen MR) is 164 cm³/mol. The van der Waals surface area contributed by atoms with Crippen LogP contribution in [0.1, 0.15) is 51.9 Å². The van der Waals surface area contributed by atoms with Crippen LogP contribution in [-0.2, 0) is 14.4 Å². The van der Waals surface area contributed by atoms with Crippen LogP contribution in [-0.4, -0.2) is 88.6 Å². The third kappa shape index (κ3) is 5.93. The van der Waals surface area contributed by atoms with Gasteiger partial charge in [-0.2, -0.15) is 0 Å². The number of carbonyl (C=O) groups excluding carboxylic acids is 3. The summed E-state index contributed by atoms with van der Waals surface area (Å²) in [6.07, 6.45) is 9.02. The SMILES string of the molecule is C=CCN(CCC)C(=O)[C@@H]1[C@@H]2CCC3(S2)C(C(=O)N(CC=C)c2ccc(OC)cc2)N(CCCCCCO)C(=O)[C@H]13. The van der Waals surface area contributed by atoms with Gasteiger partial charge in [0.25, 0.3) is 5.91 Å². The van der Waals surface area contributed by atoms with Gasteiger partial charge in [0.15, 0.2) is 0 Å². The van der Waals surface area contributed by atoms with Crippen molar-refractivity contribution in [1.29, 1.82) is 0 Å². The zero-order valence-corrected chi connectivity index (χ0v) is 25.3. The number of nitrogens with zero attached hydrogens (tertiary/aromatic N) is 3. The predicted octanol–water partition coefficient (Wildman–Crippen LogP) is 4.28. The van der Waals surface area contributed by atoms with Crippen LogP contribution >= 0.6 is 11.8 Å². The third-order valence-electron chi connectivity index (χ3n) is 8.74. The molecule has 2 bridgehead atoms. The normalized spacial score (nSPS) is 26.1. The van der Waals surface area contributed by atoms with Gasteiger partial charge in [-0.3, -0.25) is 14.4 Å². The first-order chi connectivity index (χ1) is 19.9. The van der Waals surface area contributed by atoms with E-state index >= 15 is 0 Å². The van der Waals surface area contributed by atoms with Crippen LogP contribution in [0.4, 0.5) is 5.69 Å². The fourth-order valence-corrected chi connectivity index (χ4v) is 9.20. The van der Waals surface area contributed by atoms with Gasteiger partial charge in [-0.15, -0.1) is 24.9 Å². The molecule has 0 saturated carbocycles. The van der Waals surface area contributed by atoms with Gasteiger partial charge >= 0.3 is 0 Å². The van der Waals surface area contributed by atoms with Crippen molar-refractivity contribution in [2.75, 3.05) is 44.8 Å². The average molecular weight is 584 g/mol. The summed E-state index contributed by atoms with van der Waals surface area (Å²) >= 11 is 1.71. The first-order valence-corrected chi connectivity index (χ1v) is 15.8. The molecule has 224 valence electrons. The molecule has 1 spiro atoms. The fourth-order valence-electron chi connectivity index (χ4n) is 6.99. The summed E-state index contributed by atoms with van der Waals surface area (Å²) in [5.74, 6) is -0.437. The minimum absolute atomic E-state index is 0.0123. The zero-order valence-electron chi connectivity index (χ0n) is 24.5. The summed E-state index contributed by atoms with van der Waals surface area (Å²) in [7, 11) is 1.60. The maximum atomic E-state index is 14.6. The smallest absolute Gasteiger partial charge is 0.251 e. The molecule has 1 aromatic rings. The third-order valence-corrected chi connectivity index (χ3v) is 10.7. The largest absolute Gasteiger partial charge is 0.497 e. The van der Waals surface area contributed by atoms with Gasteiger partial charge in [-0.25, -0.2) is 0 Å². The molecule has 0 aromatic heterocycles. The highest BCUT2D eigenvalue weighted by molar-refractivity contribution is 8.02. The number of benzene rings is 1. The number of methoxy groups -OCH3 is 1. The number of hydrogen-bond acceptors (Lipinski definition) is 6. The van der Waals surface area contributed by atoms with E-state index in [2.05, 4.69) is 13.2 Å². The molecule has 3 heterocycles. The van der Waals surface area contributed by atoms with Crippen LogP contribution < -0.4 is 9.64 Å². The minimum atomic E-state index is -0.660. The number of unbranched alkanes of at least 4 members (excludes halogenated alkanes) is 3. The van der Waals surface area contributed by atoms with E-state index in [1.54, 1.807) is 40.8 Å². The van der Waals surface area contributed by atoms with Gasteiger partial charge in [0.1, 0.15) is 11.8 Å². The quantitative estimate of drug-likeness (QED) is 0.231. The van der Waals surface area contributed by atoms with Crippen LogP contribution in [0, 0.1) is 11.8 Å². The Balaban J connectivity index is 1.71. The molecule has 1 aromatic carbocycles. The van der Waals surface area contributed by atoms with Gasteiger partial charge in [0.2, 0.25) is 11.8 Å². The monoisotopic (exact) mass is 583 g/mol. The van der Waals surface area contributed by atoms with Crippen LogP contribution in [0.15, 0.2) is 49.6 Å². The maximum Gasteiger partial charge on any atom is 0.251 e. The van der Waals surface area contributed by atoms with Crippen LogP contribution in [0.3, 0.4) is 0 Å². The minimum Gasteiger partial charge on any atom is -0.497 e. The second-order valence-electron chi connectivity index (χ2n) is 11.2. The lowest BCUT2D eigenvalue weighted by Crippen LogP contribution is -2.55. The second-order valence-corrected chi connectivity index (χ2v) is 12.8. The topological polar surface area (TPSA) is 90.4 Å². The Bertz CT molecular complexity index is 1110. The molecule has 4 rings (SSSR count). The molecule has 3 saturated heterocycles. The van der Waals surface area contributed by atoms with Crippen molar-refractivity contribution < 1.29 is 24.2 Å². The number of rotatable bonds is 16. The van der Waals surface area contributed by atoms with Gasteiger partial charge in [-0.05, 0) is 56.4 Å². The lowest BCUT2D eigenvalue weighted by Gasteiger charge is -2.37. The van der Waals surface area contributed by atoms with Crippen molar-refractivity contribution in [1.82, 2.24) is 9.80 Å². The number of carbonyl (C=O) groups is 3. The Kier molecular flexibility index (Phi) is 10.6. The fraction of sp³-hybridized carbons (Fsp3) is 0.594. The summed E-state index contributed by atoms with van der Waals surface area (Å²) in [5, 5.41) is 9.22. The number of ether oxygens (including phenoxy) is 1. The molecule has 0 radical (unpaired) electrons. The van der Waals surface area contributed by atoms with Gasteiger partial charge < -0.3 is 24.5 Å². The number of fused-ring (bicyclic) bond motifs is 1. The zero-order chi connectivity index (χ0) is 29.6. The van der Waals surface area contributed by atoms with Gasteiger partial charge in [0, 0.05) is 43.7 Å². The number of amides is 3. The molecule has 3 amide bonds. The summed E-state index contributed by atoms with van der Waals surface area (Å²) in [6, 6.07) is 6.70. The summed E-state index contributed by atoms with van der Waals surface area (Å²) in [5.41, 5.74) is 0.719. The first-order valence-electron chi connectivity index (χ1n) is 14.9. The number of anilines is 1. The van der Waals surface area contributed by atoms with E-state index < -0.39 is 22.6 Å². The molecule has 3 fully saturated rings. The van der Waals surface area contributed by atoms with Crippen LogP contribution in [0.2, 0.25) is 0 Å². The lowest BCUT2D eigenvalue weighted by molar-refractivity contribution is -0.143. The standard InChI is InChI=1S/C32H45N3O5S/c1-5-18-33(19-6-2)29(37)26-25-16-17-32(41-25)27(26)30(38)35(21-10-8-9-11-22-36)28(32)31(39)34(20-7-3)23-12-14-24(40-4)15-13-23/h5,7,12-15,25-28,36H,1,3,6,8-11,16-22H2,2,4H3/t25-,26+,27-,28?,32?/m0/s1. The Labute approximate surface area is 248 Å². The molecule has 41 heavy (non-hydrogen) atoms. The number of aliphatic hydroxyl groups excluding tert-OH is 1. The van der Waals surface area contributed by atoms with Crippen molar-refractivity contribution in [2.45, 2.75) is 67.9 Å². The van der Waals surface area contributed by atoms with Crippen LogP contribution in [0.25, 0.3) is 0 Å². The van der Waals surface area contributed by atoms with E-state index in [1.165, 1.54) is 0 Å². The van der Waals surface area contributed by atoms with E-state index in [1.807, 2.05) is 36.1 Å². The van der Waals surface area contributed by atoms with E-state index in [-0.39, 0.29) is 29.6 Å². The van der Waals surface area contributed by atoms with E-state index in [9.17, 15) is 19.5 Å². The van der Waals surface area contributed by atoms with Crippen molar-refractivity contribution in [3.63, 3.8) is 0 Å². The Morgan fingerprint density at radius 3 is 2.46 bits per heavy atom. The molecule has 3 aliphatic rings. The number of thioether (sulfide) groups is 1. The van der Waals surface area contributed by atoms with Crippen molar-refractivity contribution in [3.8, 4) is 5.75 Å². The highest BCUT2D eigenvalue weighted by Gasteiger charge is 2.74. The second kappa shape index (κ2) is 13.9. The molecular weight excluding hydrogens is 538 g/mol. The molecule has 1 N–H and O–H groups in total. The van der Waals surface area contributed by atoms with E-state index in [4.69, 9.17) is 4.74 Å².